The van der Waals surface area contributed by atoms with E-state index in [9.17, 15) is 9.59 Å². The van der Waals surface area contributed by atoms with E-state index in [2.05, 4.69) is 33.2 Å². The van der Waals surface area contributed by atoms with Crippen LogP contribution in [0.15, 0.2) is 48.5 Å². The van der Waals surface area contributed by atoms with Crippen LogP contribution >= 0.6 is 34.8 Å². The van der Waals surface area contributed by atoms with Gasteiger partial charge in [-0.1, -0.05) is 24.3 Å². The molecule has 0 aromatic heterocycles. The lowest BCUT2D eigenvalue weighted by Crippen LogP contribution is -2.34. The van der Waals surface area contributed by atoms with E-state index >= 15 is 0 Å². The van der Waals surface area contributed by atoms with Gasteiger partial charge in [0.25, 0.3) is 5.91 Å². The number of amides is 1. The van der Waals surface area contributed by atoms with Crippen molar-refractivity contribution in [3.63, 3.8) is 0 Å². The number of thiocarbonyl (C=S) groups is 1. The van der Waals surface area contributed by atoms with E-state index in [-0.39, 0.29) is 11.0 Å². The van der Waals surface area contributed by atoms with Crippen LogP contribution in [-0.4, -0.2) is 24.1 Å². The monoisotopic (exact) mass is 440 g/mol. The molecule has 0 aliphatic rings. The number of hydrogen-bond donors (Lipinski definition) is 2. The second kappa shape index (κ2) is 8.02. The van der Waals surface area contributed by atoms with E-state index < -0.39 is 5.97 Å². The van der Waals surface area contributed by atoms with Crippen LogP contribution in [0, 0.1) is 3.57 Å². The van der Waals surface area contributed by atoms with Crippen molar-refractivity contribution in [2.24, 2.45) is 0 Å². The number of methoxy groups -OCH3 is 1. The Bertz CT molecular complexity index is 764. The zero-order valence-electron chi connectivity index (χ0n) is 12.1. The Morgan fingerprint density at radius 2 is 1.65 bits per heavy atom. The van der Waals surface area contributed by atoms with Gasteiger partial charge in [-0.05, 0) is 59.1 Å². The molecule has 5 nitrogen and oxygen atoms in total. The lowest BCUT2D eigenvalue weighted by Gasteiger charge is -2.12. The van der Waals surface area contributed by atoms with Gasteiger partial charge in [-0.3, -0.25) is 10.1 Å². The Morgan fingerprint density at radius 1 is 1.04 bits per heavy atom. The van der Waals surface area contributed by atoms with Crippen LogP contribution in [0.4, 0.5) is 5.69 Å². The average molecular weight is 440 g/mol. The third-order valence-corrected chi connectivity index (χ3v) is 4.07. The van der Waals surface area contributed by atoms with Gasteiger partial charge in [0.15, 0.2) is 5.11 Å². The number of ether oxygens (including phenoxy) is 1. The second-order valence-corrected chi connectivity index (χ2v) is 6.00. The first-order chi connectivity index (χ1) is 11.0. The van der Waals surface area contributed by atoms with Gasteiger partial charge in [0.2, 0.25) is 0 Å². The first-order valence-electron chi connectivity index (χ1n) is 6.57. The number of nitrogens with one attached hydrogen (secondary N) is 2. The summed E-state index contributed by atoms with van der Waals surface area (Å²) in [6.45, 7) is 0. The zero-order valence-corrected chi connectivity index (χ0v) is 15.1. The van der Waals surface area contributed by atoms with Gasteiger partial charge >= 0.3 is 5.97 Å². The highest BCUT2D eigenvalue weighted by Gasteiger charge is 2.14. The molecule has 0 saturated carbocycles. The molecule has 2 aromatic carbocycles. The number of para-hydroxylation sites is 1. The van der Waals surface area contributed by atoms with Crippen LogP contribution in [0.3, 0.4) is 0 Å². The number of carbonyl (C=O) groups is 2. The van der Waals surface area contributed by atoms with Gasteiger partial charge in [0.1, 0.15) is 0 Å². The summed E-state index contributed by atoms with van der Waals surface area (Å²) in [5, 5.41) is 5.54. The predicted molar refractivity (Wildman–Crippen MR) is 101 cm³/mol. The summed E-state index contributed by atoms with van der Waals surface area (Å²) in [5.74, 6) is -0.803. The van der Waals surface area contributed by atoms with E-state index in [1.807, 2.05) is 12.1 Å². The van der Waals surface area contributed by atoms with Crippen molar-refractivity contribution in [2.75, 3.05) is 12.4 Å². The largest absolute Gasteiger partial charge is 0.465 e. The molecule has 0 aliphatic carbocycles. The van der Waals surface area contributed by atoms with Crippen molar-refractivity contribution in [3.8, 4) is 0 Å². The maximum Gasteiger partial charge on any atom is 0.339 e. The van der Waals surface area contributed by atoms with E-state index in [0.29, 0.717) is 16.8 Å². The molecular weight excluding hydrogens is 427 g/mol. The van der Waals surface area contributed by atoms with E-state index in [0.717, 1.165) is 3.57 Å². The second-order valence-electron chi connectivity index (χ2n) is 4.43. The maximum absolute atomic E-state index is 12.2. The summed E-state index contributed by atoms with van der Waals surface area (Å²) in [5.41, 5.74) is 1.33. The fraction of sp³-hybridized carbons (Fsp3) is 0.0625. The molecule has 0 unspecified atom stereocenters. The van der Waals surface area contributed by atoms with Crippen molar-refractivity contribution < 1.29 is 14.3 Å². The van der Waals surface area contributed by atoms with Gasteiger partial charge in [-0.25, -0.2) is 4.79 Å². The molecule has 0 radical (unpaired) electrons. The van der Waals surface area contributed by atoms with Gasteiger partial charge in [-0.15, -0.1) is 0 Å². The van der Waals surface area contributed by atoms with Crippen molar-refractivity contribution in [1.82, 2.24) is 5.32 Å². The lowest BCUT2D eigenvalue weighted by atomic mass is 10.2. The normalized spacial score (nSPS) is 9.83. The van der Waals surface area contributed by atoms with Crippen molar-refractivity contribution >= 4 is 57.5 Å². The molecule has 0 bridgehead atoms. The summed E-state index contributed by atoms with van der Waals surface area (Å²) in [6.07, 6.45) is 0. The van der Waals surface area contributed by atoms with Crippen LogP contribution < -0.4 is 10.6 Å². The molecule has 7 heteroatoms. The predicted octanol–water partition coefficient (Wildman–Crippen LogP) is 3.20. The fourth-order valence-corrected chi connectivity index (χ4v) is 2.68. The van der Waals surface area contributed by atoms with Crippen molar-refractivity contribution in [2.45, 2.75) is 0 Å². The molecule has 1 amide bonds. The molecule has 0 spiro atoms. The first kappa shape index (κ1) is 17.4. The summed E-state index contributed by atoms with van der Waals surface area (Å²) in [7, 11) is 1.30. The smallest absolute Gasteiger partial charge is 0.339 e. The summed E-state index contributed by atoms with van der Waals surface area (Å²) < 4.78 is 5.53. The minimum absolute atomic E-state index is 0.103. The van der Waals surface area contributed by atoms with Crippen molar-refractivity contribution in [3.05, 3.63) is 63.2 Å². The van der Waals surface area contributed by atoms with Crippen LogP contribution in [0.1, 0.15) is 20.7 Å². The summed E-state index contributed by atoms with van der Waals surface area (Å²) in [6, 6.07) is 13.9. The molecule has 0 saturated heterocycles. The Labute approximate surface area is 152 Å². The summed E-state index contributed by atoms with van der Waals surface area (Å²) >= 11 is 7.22. The molecule has 0 heterocycles. The Balaban J connectivity index is 2.10. The average Bonchev–Trinajstić information content (AvgIpc) is 2.54. The third kappa shape index (κ3) is 4.49. The fourth-order valence-electron chi connectivity index (χ4n) is 1.85. The molecule has 0 aliphatic heterocycles. The highest BCUT2D eigenvalue weighted by atomic mass is 127. The van der Waals surface area contributed by atoms with E-state index in [1.165, 1.54) is 7.11 Å². The molecule has 23 heavy (non-hydrogen) atoms. The highest BCUT2D eigenvalue weighted by Crippen LogP contribution is 2.16. The van der Waals surface area contributed by atoms with Gasteiger partial charge < -0.3 is 10.1 Å². The van der Waals surface area contributed by atoms with Gasteiger partial charge in [0.05, 0.1) is 23.9 Å². The molecular formula is C16H13IN2O3S. The third-order valence-electron chi connectivity index (χ3n) is 2.93. The quantitative estimate of drug-likeness (QED) is 0.436. The minimum atomic E-state index is -0.486. The first-order valence-corrected chi connectivity index (χ1v) is 8.06. The number of anilines is 1. The van der Waals surface area contributed by atoms with Crippen molar-refractivity contribution in [1.29, 1.82) is 0 Å². The number of hydrogen-bond acceptors (Lipinski definition) is 4. The Hall–Kier alpha value is -2.00. The van der Waals surface area contributed by atoms with Crippen LogP contribution in [0.2, 0.25) is 0 Å². The van der Waals surface area contributed by atoms with Gasteiger partial charge in [0, 0.05) is 3.57 Å². The van der Waals surface area contributed by atoms with Crippen LogP contribution in [-0.2, 0) is 4.74 Å². The number of esters is 1. The number of halogens is 1. The van der Waals surface area contributed by atoms with Gasteiger partial charge in [-0.2, -0.15) is 0 Å². The number of benzene rings is 2. The van der Waals surface area contributed by atoms with Crippen LogP contribution in [0.5, 0.6) is 0 Å². The van der Waals surface area contributed by atoms with Crippen LogP contribution in [0.25, 0.3) is 0 Å². The number of carbonyl (C=O) groups excluding carboxylic acids is 2. The van der Waals surface area contributed by atoms with E-state index in [1.54, 1.807) is 36.4 Å². The summed E-state index contributed by atoms with van der Waals surface area (Å²) in [4.78, 5) is 23.9. The topological polar surface area (TPSA) is 67.4 Å². The molecule has 118 valence electrons. The standard InChI is InChI=1S/C16H13IN2O3S/c1-22-15(21)11-7-3-5-9-13(11)18-16(23)19-14(20)10-6-2-4-8-12(10)17/h2-9H,1H3,(H2,18,19,20,23). The van der Waals surface area contributed by atoms with E-state index in [4.69, 9.17) is 17.0 Å². The minimum Gasteiger partial charge on any atom is -0.465 e. The molecule has 2 aromatic rings. The Kier molecular flexibility index (Phi) is 6.05. The molecule has 0 atom stereocenters. The molecule has 2 N–H and O–H groups in total. The maximum atomic E-state index is 12.2. The Morgan fingerprint density at radius 3 is 2.30 bits per heavy atom. The SMILES string of the molecule is COC(=O)c1ccccc1NC(=S)NC(=O)c1ccccc1I. The molecule has 2 rings (SSSR count). The zero-order chi connectivity index (χ0) is 16.8. The lowest BCUT2D eigenvalue weighted by molar-refractivity contribution is 0.0602. The molecule has 0 fully saturated rings. The number of rotatable bonds is 3. The highest BCUT2D eigenvalue weighted by molar-refractivity contribution is 14.1.